The molecule has 26 heavy (non-hydrogen) atoms. The average molecular weight is 366 g/mol. The molecule has 0 aliphatic rings. The Morgan fingerprint density at radius 2 is 1.46 bits per heavy atom. The number of rotatable bonds is 7. The summed E-state index contributed by atoms with van der Waals surface area (Å²) >= 11 is 6.65. The summed E-state index contributed by atoms with van der Waals surface area (Å²) in [6, 6.07) is 26.6. The topological polar surface area (TPSA) is 35.2 Å². The highest BCUT2D eigenvalue weighted by Gasteiger charge is 2.38. The maximum atomic E-state index is 6.65. The monoisotopic (exact) mass is 365 g/mol. The molecule has 1 atom stereocenters. The van der Waals surface area contributed by atoms with Crippen LogP contribution >= 0.6 is 11.6 Å². The molecular weight excluding hydrogens is 342 g/mol. The van der Waals surface area contributed by atoms with E-state index in [9.17, 15) is 0 Å². The van der Waals surface area contributed by atoms with Gasteiger partial charge in [-0.25, -0.2) is 0 Å². The Balaban J connectivity index is 2.26. The zero-order valence-electron chi connectivity index (χ0n) is 15.0. The molecule has 0 saturated carbocycles. The molecule has 3 aromatic rings. The van der Waals surface area contributed by atoms with Crippen LogP contribution in [0, 0.1) is 6.92 Å². The van der Waals surface area contributed by atoms with Gasteiger partial charge >= 0.3 is 0 Å². The average Bonchev–Trinajstić information content (AvgIpc) is 2.68. The first-order valence-electron chi connectivity index (χ1n) is 8.90. The first kappa shape index (κ1) is 18.7. The Bertz CT molecular complexity index is 832. The van der Waals surface area contributed by atoms with E-state index in [0.29, 0.717) is 18.2 Å². The third kappa shape index (κ3) is 3.68. The summed E-state index contributed by atoms with van der Waals surface area (Å²) in [4.78, 5) is 0. The molecule has 0 saturated heterocycles. The summed E-state index contributed by atoms with van der Waals surface area (Å²) in [5, 5.41) is 0.685. The van der Waals surface area contributed by atoms with Gasteiger partial charge in [-0.3, -0.25) is 0 Å². The number of halogens is 1. The second-order valence-electron chi connectivity index (χ2n) is 6.38. The van der Waals surface area contributed by atoms with E-state index in [-0.39, 0.29) is 0 Å². The number of hydrogen-bond donors (Lipinski definition) is 1. The summed E-state index contributed by atoms with van der Waals surface area (Å²) in [6.45, 7) is 3.21. The molecule has 134 valence electrons. The molecule has 0 bridgehead atoms. The van der Waals surface area contributed by atoms with Gasteiger partial charge in [0, 0.05) is 17.2 Å². The van der Waals surface area contributed by atoms with Gasteiger partial charge in [-0.05, 0) is 37.1 Å². The molecule has 0 amide bonds. The van der Waals surface area contributed by atoms with Crippen LogP contribution in [-0.2, 0) is 10.3 Å². The lowest BCUT2D eigenvalue weighted by Crippen LogP contribution is -2.34. The minimum Gasteiger partial charge on any atom is -0.361 e. The number of benzene rings is 3. The van der Waals surface area contributed by atoms with E-state index in [1.807, 2.05) is 42.5 Å². The van der Waals surface area contributed by atoms with Crippen LogP contribution in [0.5, 0.6) is 0 Å². The zero-order chi connectivity index (χ0) is 18.4. The smallest absolute Gasteiger partial charge is 0.145 e. The summed E-state index contributed by atoms with van der Waals surface area (Å²) in [5.74, 6) is 0. The Labute approximate surface area is 160 Å². The highest BCUT2D eigenvalue weighted by Crippen LogP contribution is 2.43. The van der Waals surface area contributed by atoms with Crippen LogP contribution in [0.2, 0.25) is 5.02 Å². The molecule has 0 aliphatic heterocycles. The zero-order valence-corrected chi connectivity index (χ0v) is 15.7. The molecule has 0 spiro atoms. The van der Waals surface area contributed by atoms with Gasteiger partial charge in [0.1, 0.15) is 5.60 Å². The van der Waals surface area contributed by atoms with Crippen LogP contribution in [0.3, 0.4) is 0 Å². The van der Waals surface area contributed by atoms with E-state index in [1.54, 1.807) is 0 Å². The van der Waals surface area contributed by atoms with Gasteiger partial charge in [0.25, 0.3) is 0 Å². The van der Waals surface area contributed by atoms with Crippen LogP contribution < -0.4 is 5.73 Å². The Morgan fingerprint density at radius 1 is 0.846 bits per heavy atom. The standard InChI is InChI=1S/C23H24ClNO/c1-18-12-14-20(15-13-18)23(26-17-7-16-25,19-8-3-2-4-9-19)21-10-5-6-11-22(21)24/h2-6,8-15H,7,16-17,25H2,1H3. The highest BCUT2D eigenvalue weighted by molar-refractivity contribution is 6.31. The molecule has 3 heteroatoms. The molecule has 1 unspecified atom stereocenters. The summed E-state index contributed by atoms with van der Waals surface area (Å²) in [5.41, 5.74) is 9.19. The van der Waals surface area contributed by atoms with Crippen molar-refractivity contribution in [3.8, 4) is 0 Å². The molecule has 3 rings (SSSR count). The SMILES string of the molecule is Cc1ccc(C(OCCCN)(c2ccccc2)c2ccccc2Cl)cc1. The van der Waals surface area contributed by atoms with Crippen LogP contribution in [0.4, 0.5) is 0 Å². The van der Waals surface area contributed by atoms with Gasteiger partial charge in [0.15, 0.2) is 0 Å². The molecule has 0 heterocycles. The molecule has 2 N–H and O–H groups in total. The predicted molar refractivity (Wildman–Crippen MR) is 109 cm³/mol. The van der Waals surface area contributed by atoms with E-state index in [0.717, 1.165) is 23.1 Å². The van der Waals surface area contributed by atoms with Gasteiger partial charge in [-0.1, -0.05) is 90.0 Å². The van der Waals surface area contributed by atoms with Crippen molar-refractivity contribution in [1.29, 1.82) is 0 Å². The number of nitrogens with two attached hydrogens (primary N) is 1. The third-order valence-corrected chi connectivity index (χ3v) is 4.89. The van der Waals surface area contributed by atoms with Crippen molar-refractivity contribution in [2.45, 2.75) is 18.9 Å². The van der Waals surface area contributed by atoms with Crippen molar-refractivity contribution in [2.24, 2.45) is 5.73 Å². The normalized spacial score (nSPS) is 13.3. The highest BCUT2D eigenvalue weighted by atomic mass is 35.5. The number of ether oxygens (including phenoxy) is 1. The van der Waals surface area contributed by atoms with Crippen molar-refractivity contribution in [3.63, 3.8) is 0 Å². The molecule has 2 nitrogen and oxygen atoms in total. The molecule has 3 aromatic carbocycles. The first-order valence-corrected chi connectivity index (χ1v) is 9.28. The fourth-order valence-corrected chi connectivity index (χ4v) is 3.51. The lowest BCUT2D eigenvalue weighted by atomic mass is 9.79. The Morgan fingerprint density at radius 3 is 2.12 bits per heavy atom. The molecular formula is C23H24ClNO. The van der Waals surface area contributed by atoms with Gasteiger partial charge in [0.05, 0.1) is 0 Å². The second-order valence-corrected chi connectivity index (χ2v) is 6.79. The molecule has 0 fully saturated rings. The van der Waals surface area contributed by atoms with Crippen LogP contribution in [-0.4, -0.2) is 13.2 Å². The fourth-order valence-electron chi connectivity index (χ4n) is 3.24. The Hall–Kier alpha value is -2.13. The van der Waals surface area contributed by atoms with Gasteiger partial charge in [-0.2, -0.15) is 0 Å². The summed E-state index contributed by atoms with van der Waals surface area (Å²) in [6.07, 6.45) is 0.783. The largest absolute Gasteiger partial charge is 0.361 e. The number of hydrogen-bond acceptors (Lipinski definition) is 2. The fraction of sp³-hybridized carbons (Fsp3) is 0.217. The van der Waals surface area contributed by atoms with Crippen molar-refractivity contribution < 1.29 is 4.74 Å². The van der Waals surface area contributed by atoms with Crippen molar-refractivity contribution in [3.05, 3.63) is 106 Å². The minimum atomic E-state index is -0.775. The maximum Gasteiger partial charge on any atom is 0.145 e. The first-order chi connectivity index (χ1) is 12.7. The molecule has 0 aromatic heterocycles. The van der Waals surface area contributed by atoms with E-state index in [1.165, 1.54) is 5.56 Å². The van der Waals surface area contributed by atoms with Crippen LogP contribution in [0.25, 0.3) is 0 Å². The predicted octanol–water partition coefficient (Wildman–Crippen LogP) is 5.31. The molecule has 0 aliphatic carbocycles. The van der Waals surface area contributed by atoms with E-state index in [2.05, 4.69) is 43.3 Å². The Kier molecular flexibility index (Phi) is 6.10. The van der Waals surface area contributed by atoms with Gasteiger partial charge in [0.2, 0.25) is 0 Å². The number of aryl methyl sites for hydroxylation is 1. The van der Waals surface area contributed by atoms with E-state index >= 15 is 0 Å². The summed E-state index contributed by atoms with van der Waals surface area (Å²) < 4.78 is 6.58. The maximum absolute atomic E-state index is 6.65. The minimum absolute atomic E-state index is 0.546. The van der Waals surface area contributed by atoms with Crippen LogP contribution in [0.15, 0.2) is 78.9 Å². The van der Waals surface area contributed by atoms with Crippen LogP contribution in [0.1, 0.15) is 28.7 Å². The van der Waals surface area contributed by atoms with Gasteiger partial charge in [-0.15, -0.1) is 0 Å². The quantitative estimate of drug-likeness (QED) is 0.455. The van der Waals surface area contributed by atoms with Crippen molar-refractivity contribution in [1.82, 2.24) is 0 Å². The third-order valence-electron chi connectivity index (χ3n) is 4.56. The van der Waals surface area contributed by atoms with Gasteiger partial charge < -0.3 is 10.5 Å². The second kappa shape index (κ2) is 8.50. The van der Waals surface area contributed by atoms with Crippen molar-refractivity contribution >= 4 is 11.6 Å². The molecule has 0 radical (unpaired) electrons. The van der Waals surface area contributed by atoms with E-state index in [4.69, 9.17) is 22.1 Å². The summed E-state index contributed by atoms with van der Waals surface area (Å²) in [7, 11) is 0. The van der Waals surface area contributed by atoms with E-state index < -0.39 is 5.60 Å². The lowest BCUT2D eigenvalue weighted by Gasteiger charge is -2.36. The van der Waals surface area contributed by atoms with Crippen molar-refractivity contribution in [2.75, 3.05) is 13.2 Å². The lowest BCUT2D eigenvalue weighted by molar-refractivity contribution is 0.0125.